The van der Waals surface area contributed by atoms with Crippen molar-refractivity contribution in [1.82, 2.24) is 19.3 Å². The van der Waals surface area contributed by atoms with E-state index in [-0.39, 0.29) is 0 Å². The Balaban J connectivity index is 2.04. The van der Waals surface area contributed by atoms with Gasteiger partial charge in [0.2, 0.25) is 0 Å². The van der Waals surface area contributed by atoms with Crippen molar-refractivity contribution >= 4 is 5.82 Å². The van der Waals surface area contributed by atoms with E-state index in [9.17, 15) is 0 Å². The Hall–Kier alpha value is -1.78. The lowest BCUT2D eigenvalue weighted by Crippen LogP contribution is -2.22. The highest BCUT2D eigenvalue weighted by Crippen LogP contribution is 2.36. The molecule has 0 bridgehead atoms. The van der Waals surface area contributed by atoms with E-state index in [0.717, 1.165) is 35.7 Å². The van der Waals surface area contributed by atoms with Crippen LogP contribution in [-0.4, -0.2) is 19.3 Å². The Bertz CT molecular complexity index is 622. The second-order valence-corrected chi connectivity index (χ2v) is 6.33. The fourth-order valence-electron chi connectivity index (χ4n) is 3.17. The van der Waals surface area contributed by atoms with Crippen molar-refractivity contribution in [2.75, 3.05) is 5.73 Å². The van der Waals surface area contributed by atoms with Gasteiger partial charge in [-0.1, -0.05) is 6.92 Å². The molecule has 5 nitrogen and oxygen atoms in total. The highest BCUT2D eigenvalue weighted by atomic mass is 15.3. The van der Waals surface area contributed by atoms with Gasteiger partial charge in [-0.2, -0.15) is 5.10 Å². The normalized spacial score (nSPS) is 22.2. The number of anilines is 1. The fourth-order valence-corrected chi connectivity index (χ4v) is 3.17. The van der Waals surface area contributed by atoms with E-state index in [0.29, 0.717) is 18.0 Å². The van der Waals surface area contributed by atoms with Crippen molar-refractivity contribution in [3.8, 4) is 11.3 Å². The first-order valence-electron chi connectivity index (χ1n) is 7.38. The standard InChI is InChI=1S/C15H23N5/c1-9(2)19-8-12(7-17-19)14-15(16)20-11(4)5-10(3)6-13(20)18-14/h7-11H,5-6,16H2,1-4H3. The average Bonchev–Trinajstić information content (AvgIpc) is 2.93. The molecule has 2 N–H and O–H groups in total. The van der Waals surface area contributed by atoms with Crippen LogP contribution in [0.1, 0.15) is 52.0 Å². The first-order valence-corrected chi connectivity index (χ1v) is 7.38. The van der Waals surface area contributed by atoms with Gasteiger partial charge in [-0.15, -0.1) is 0 Å². The molecular formula is C15H23N5. The molecule has 2 atom stereocenters. The molecule has 2 unspecified atom stereocenters. The molecule has 0 saturated heterocycles. The van der Waals surface area contributed by atoms with Crippen LogP contribution < -0.4 is 5.73 Å². The zero-order valence-electron chi connectivity index (χ0n) is 12.7. The van der Waals surface area contributed by atoms with Crippen LogP contribution in [0.25, 0.3) is 11.3 Å². The van der Waals surface area contributed by atoms with Gasteiger partial charge in [0.25, 0.3) is 0 Å². The van der Waals surface area contributed by atoms with Gasteiger partial charge in [-0.25, -0.2) is 4.98 Å². The van der Waals surface area contributed by atoms with Crippen molar-refractivity contribution in [3.63, 3.8) is 0 Å². The second kappa shape index (κ2) is 4.65. The van der Waals surface area contributed by atoms with E-state index in [1.807, 2.05) is 17.1 Å². The number of hydrogen-bond acceptors (Lipinski definition) is 3. The highest BCUT2D eigenvalue weighted by molar-refractivity contribution is 5.70. The smallest absolute Gasteiger partial charge is 0.132 e. The predicted molar refractivity (Wildman–Crippen MR) is 80.4 cm³/mol. The summed E-state index contributed by atoms with van der Waals surface area (Å²) in [5.74, 6) is 2.56. The van der Waals surface area contributed by atoms with Gasteiger partial charge in [-0.05, 0) is 33.1 Å². The van der Waals surface area contributed by atoms with Crippen molar-refractivity contribution < 1.29 is 0 Å². The largest absolute Gasteiger partial charge is 0.383 e. The number of hydrogen-bond donors (Lipinski definition) is 1. The summed E-state index contributed by atoms with van der Waals surface area (Å²) in [5, 5.41) is 4.39. The third-order valence-corrected chi connectivity index (χ3v) is 4.14. The summed E-state index contributed by atoms with van der Waals surface area (Å²) in [4.78, 5) is 4.78. The van der Waals surface area contributed by atoms with Crippen molar-refractivity contribution in [3.05, 3.63) is 18.2 Å². The Morgan fingerprint density at radius 1 is 1.35 bits per heavy atom. The molecule has 0 saturated carbocycles. The van der Waals surface area contributed by atoms with E-state index in [4.69, 9.17) is 10.7 Å². The van der Waals surface area contributed by atoms with Crippen LogP contribution in [0.2, 0.25) is 0 Å². The molecule has 3 rings (SSSR count). The maximum atomic E-state index is 6.34. The van der Waals surface area contributed by atoms with E-state index in [1.165, 1.54) is 0 Å². The Morgan fingerprint density at radius 2 is 2.10 bits per heavy atom. The molecule has 0 fully saturated rings. The molecule has 20 heavy (non-hydrogen) atoms. The third kappa shape index (κ3) is 2.01. The summed E-state index contributed by atoms with van der Waals surface area (Å²) in [6.45, 7) is 8.73. The van der Waals surface area contributed by atoms with Crippen molar-refractivity contribution in [2.45, 2.75) is 52.6 Å². The number of nitrogen functional groups attached to an aromatic ring is 1. The van der Waals surface area contributed by atoms with Crippen LogP contribution in [0.15, 0.2) is 12.4 Å². The minimum Gasteiger partial charge on any atom is -0.383 e. The van der Waals surface area contributed by atoms with Crippen LogP contribution in [0.4, 0.5) is 5.82 Å². The monoisotopic (exact) mass is 273 g/mol. The molecule has 2 aromatic rings. The minimum atomic E-state index is 0.348. The van der Waals surface area contributed by atoms with E-state index >= 15 is 0 Å². The zero-order chi connectivity index (χ0) is 14.4. The summed E-state index contributed by atoms with van der Waals surface area (Å²) in [5.41, 5.74) is 8.24. The van der Waals surface area contributed by atoms with E-state index in [2.05, 4.69) is 37.4 Å². The number of imidazole rings is 1. The van der Waals surface area contributed by atoms with Gasteiger partial charge in [0.1, 0.15) is 17.3 Å². The number of aromatic nitrogens is 4. The number of nitrogens with two attached hydrogens (primary N) is 1. The lowest BCUT2D eigenvalue weighted by atomic mass is 9.95. The lowest BCUT2D eigenvalue weighted by molar-refractivity contribution is 0.346. The first-order chi connectivity index (χ1) is 9.47. The summed E-state index contributed by atoms with van der Waals surface area (Å²) >= 11 is 0. The second-order valence-electron chi connectivity index (χ2n) is 6.33. The van der Waals surface area contributed by atoms with Crippen molar-refractivity contribution in [1.29, 1.82) is 0 Å². The number of fused-ring (bicyclic) bond motifs is 1. The Morgan fingerprint density at radius 3 is 2.75 bits per heavy atom. The van der Waals surface area contributed by atoms with Crippen LogP contribution in [0, 0.1) is 5.92 Å². The van der Waals surface area contributed by atoms with Gasteiger partial charge < -0.3 is 10.3 Å². The molecule has 0 radical (unpaired) electrons. The van der Waals surface area contributed by atoms with Crippen LogP contribution in [0.5, 0.6) is 0 Å². The molecule has 0 aliphatic carbocycles. The summed E-state index contributed by atoms with van der Waals surface area (Å²) in [6, 6.07) is 0.774. The van der Waals surface area contributed by atoms with Gasteiger partial charge in [0, 0.05) is 30.3 Å². The molecule has 0 amide bonds. The lowest BCUT2D eigenvalue weighted by Gasteiger charge is -2.27. The maximum Gasteiger partial charge on any atom is 0.132 e. The molecule has 108 valence electrons. The molecule has 5 heteroatoms. The van der Waals surface area contributed by atoms with Gasteiger partial charge in [-0.3, -0.25) is 4.68 Å². The SMILES string of the molecule is CC1Cc2nc(-c3cnn(C(C)C)c3)c(N)n2C(C)C1. The molecule has 1 aliphatic heterocycles. The molecular weight excluding hydrogens is 250 g/mol. The molecule has 2 aromatic heterocycles. The number of nitrogens with zero attached hydrogens (tertiary/aromatic N) is 4. The van der Waals surface area contributed by atoms with E-state index < -0.39 is 0 Å². The third-order valence-electron chi connectivity index (χ3n) is 4.14. The van der Waals surface area contributed by atoms with E-state index in [1.54, 1.807) is 0 Å². The molecule has 0 spiro atoms. The van der Waals surface area contributed by atoms with Gasteiger partial charge >= 0.3 is 0 Å². The summed E-state index contributed by atoms with van der Waals surface area (Å²) in [7, 11) is 0. The molecule has 1 aliphatic rings. The quantitative estimate of drug-likeness (QED) is 0.914. The first kappa shape index (κ1) is 13.2. The predicted octanol–water partition coefficient (Wildman–Crippen LogP) is 3.05. The van der Waals surface area contributed by atoms with Crippen molar-refractivity contribution in [2.24, 2.45) is 5.92 Å². The van der Waals surface area contributed by atoms with Crippen LogP contribution in [-0.2, 0) is 6.42 Å². The number of rotatable bonds is 2. The fraction of sp³-hybridized carbons (Fsp3) is 0.600. The minimum absolute atomic E-state index is 0.348. The maximum absolute atomic E-state index is 6.34. The average molecular weight is 273 g/mol. The van der Waals surface area contributed by atoms with Gasteiger partial charge in [0.05, 0.1) is 6.20 Å². The Labute approximate surface area is 119 Å². The molecule has 3 heterocycles. The topological polar surface area (TPSA) is 61.7 Å². The summed E-state index contributed by atoms with van der Waals surface area (Å²) < 4.78 is 4.14. The van der Waals surface area contributed by atoms with Crippen LogP contribution >= 0.6 is 0 Å². The van der Waals surface area contributed by atoms with Gasteiger partial charge in [0.15, 0.2) is 0 Å². The molecule has 0 aromatic carbocycles. The summed E-state index contributed by atoms with van der Waals surface area (Å²) in [6.07, 6.45) is 6.06. The van der Waals surface area contributed by atoms with Crippen LogP contribution in [0.3, 0.4) is 0 Å². The zero-order valence-corrected chi connectivity index (χ0v) is 12.7. The Kier molecular flexibility index (Phi) is 3.07. The highest BCUT2D eigenvalue weighted by Gasteiger charge is 2.27.